The number of imidazole rings is 1. The van der Waals surface area contributed by atoms with Crippen LogP contribution in [0.3, 0.4) is 0 Å². The number of hydrogen-bond acceptors (Lipinski definition) is 3. The summed E-state index contributed by atoms with van der Waals surface area (Å²) < 4.78 is 59.8. The molecule has 1 aliphatic rings. The first-order valence-electron chi connectivity index (χ1n) is 4.92. The molecule has 0 saturated heterocycles. The molecule has 1 aliphatic heterocycles. The molecule has 2 heterocycles. The predicted molar refractivity (Wildman–Crippen MR) is 52.0 cm³/mol. The predicted octanol–water partition coefficient (Wildman–Crippen LogP) is 2.83. The molecule has 18 heavy (non-hydrogen) atoms. The molecule has 0 spiro atoms. The highest BCUT2D eigenvalue weighted by atomic mass is 19.3. The second kappa shape index (κ2) is 3.06. The first-order chi connectivity index (χ1) is 8.28. The molecule has 4 nitrogen and oxygen atoms in total. The summed E-state index contributed by atoms with van der Waals surface area (Å²) >= 11 is 0. The Kier molecular flexibility index (Phi) is 1.89. The van der Waals surface area contributed by atoms with E-state index in [0.29, 0.717) is 16.9 Å². The Balaban J connectivity index is 2.18. The molecule has 8 heteroatoms. The standard InChI is InChI=1S/C10H6F4N2O2/c1-4-15-5-2-7-8(3-6(5)16-4)18-10(13,14)9(11,12)17-7/h2-3H,1H3,(H,15,16). The Hall–Kier alpha value is -1.99. The lowest BCUT2D eigenvalue weighted by Crippen LogP contribution is -2.52. The summed E-state index contributed by atoms with van der Waals surface area (Å²) in [7, 11) is 0. The maximum Gasteiger partial charge on any atom is 0.507 e. The fourth-order valence-corrected chi connectivity index (χ4v) is 1.70. The van der Waals surface area contributed by atoms with E-state index < -0.39 is 23.7 Å². The quantitative estimate of drug-likeness (QED) is 0.742. The van der Waals surface area contributed by atoms with Gasteiger partial charge in [0.25, 0.3) is 0 Å². The van der Waals surface area contributed by atoms with Gasteiger partial charge in [-0.15, -0.1) is 0 Å². The Labute approximate surface area is 97.5 Å². The molecule has 96 valence electrons. The van der Waals surface area contributed by atoms with Gasteiger partial charge in [0.1, 0.15) is 5.82 Å². The van der Waals surface area contributed by atoms with E-state index in [1.807, 2.05) is 0 Å². The van der Waals surface area contributed by atoms with E-state index >= 15 is 0 Å². The number of fused-ring (bicyclic) bond motifs is 2. The zero-order chi connectivity index (χ0) is 13.1. The number of nitrogens with one attached hydrogen (secondary N) is 1. The molecule has 0 atom stereocenters. The summed E-state index contributed by atoms with van der Waals surface area (Å²) in [4.78, 5) is 6.76. The summed E-state index contributed by atoms with van der Waals surface area (Å²) in [5.41, 5.74) is 0.728. The normalized spacial score (nSPS) is 20.1. The van der Waals surface area contributed by atoms with E-state index in [0.717, 1.165) is 12.1 Å². The van der Waals surface area contributed by atoms with Crippen molar-refractivity contribution in [3.8, 4) is 11.5 Å². The van der Waals surface area contributed by atoms with Crippen LogP contribution in [-0.2, 0) is 0 Å². The minimum absolute atomic E-state index is 0.330. The highest BCUT2D eigenvalue weighted by Crippen LogP contribution is 2.47. The number of rotatable bonds is 0. The monoisotopic (exact) mass is 262 g/mol. The number of nitrogens with zero attached hydrogens (tertiary/aromatic N) is 1. The third-order valence-electron chi connectivity index (χ3n) is 2.48. The molecule has 0 radical (unpaired) electrons. The molecule has 0 aliphatic carbocycles. The Morgan fingerprint density at radius 2 is 1.61 bits per heavy atom. The van der Waals surface area contributed by atoms with Gasteiger partial charge in [0.05, 0.1) is 11.0 Å². The molecule has 3 rings (SSSR count). The second-order valence-corrected chi connectivity index (χ2v) is 3.88. The molecule has 2 aromatic rings. The van der Waals surface area contributed by atoms with Crippen molar-refractivity contribution >= 4 is 11.0 Å². The fourth-order valence-electron chi connectivity index (χ4n) is 1.70. The number of aromatic amines is 1. The van der Waals surface area contributed by atoms with Crippen LogP contribution >= 0.6 is 0 Å². The summed E-state index contributed by atoms with van der Waals surface area (Å²) in [6.07, 6.45) is -9.41. The molecule has 0 unspecified atom stereocenters. The number of benzene rings is 1. The molecular formula is C10H6F4N2O2. The van der Waals surface area contributed by atoms with Gasteiger partial charge in [-0.05, 0) is 6.92 Å². The van der Waals surface area contributed by atoms with Crippen LogP contribution in [0.5, 0.6) is 11.5 Å². The fraction of sp³-hybridized carbons (Fsp3) is 0.300. The maximum absolute atomic E-state index is 12.9. The average molecular weight is 262 g/mol. The van der Waals surface area contributed by atoms with Gasteiger partial charge in [-0.3, -0.25) is 0 Å². The molecule has 0 bridgehead atoms. The number of ether oxygens (including phenoxy) is 2. The van der Waals surface area contributed by atoms with Crippen molar-refractivity contribution in [3.63, 3.8) is 0 Å². The van der Waals surface area contributed by atoms with Gasteiger partial charge in [-0.2, -0.15) is 17.6 Å². The third kappa shape index (κ3) is 1.41. The van der Waals surface area contributed by atoms with Crippen molar-refractivity contribution in [1.29, 1.82) is 0 Å². The van der Waals surface area contributed by atoms with E-state index in [1.54, 1.807) is 6.92 Å². The van der Waals surface area contributed by atoms with Crippen molar-refractivity contribution in [2.75, 3.05) is 0 Å². The molecule has 0 amide bonds. The van der Waals surface area contributed by atoms with Crippen molar-refractivity contribution < 1.29 is 27.0 Å². The van der Waals surface area contributed by atoms with Crippen molar-refractivity contribution in [2.45, 2.75) is 19.1 Å². The minimum Gasteiger partial charge on any atom is -0.421 e. The molecule has 0 fully saturated rings. The van der Waals surface area contributed by atoms with Gasteiger partial charge in [0.15, 0.2) is 11.5 Å². The number of hydrogen-bond donors (Lipinski definition) is 1. The lowest BCUT2D eigenvalue weighted by atomic mass is 10.2. The number of alkyl halides is 4. The first kappa shape index (κ1) is 11.1. The second-order valence-electron chi connectivity index (χ2n) is 3.88. The van der Waals surface area contributed by atoms with Crippen LogP contribution < -0.4 is 9.47 Å². The largest absolute Gasteiger partial charge is 0.507 e. The lowest BCUT2D eigenvalue weighted by molar-refractivity contribution is -0.391. The van der Waals surface area contributed by atoms with E-state index in [1.165, 1.54) is 0 Å². The lowest BCUT2D eigenvalue weighted by Gasteiger charge is -2.31. The third-order valence-corrected chi connectivity index (χ3v) is 2.48. The molecule has 0 saturated carbocycles. The number of aromatic nitrogens is 2. The van der Waals surface area contributed by atoms with Crippen LogP contribution in [0.1, 0.15) is 5.82 Å². The minimum atomic E-state index is -4.71. The van der Waals surface area contributed by atoms with Gasteiger partial charge in [-0.1, -0.05) is 0 Å². The van der Waals surface area contributed by atoms with Gasteiger partial charge in [0, 0.05) is 12.1 Å². The smallest absolute Gasteiger partial charge is 0.421 e. The van der Waals surface area contributed by atoms with Crippen LogP contribution in [0.2, 0.25) is 0 Å². The zero-order valence-corrected chi connectivity index (χ0v) is 8.93. The van der Waals surface area contributed by atoms with Crippen LogP contribution in [0.4, 0.5) is 17.6 Å². The first-order valence-corrected chi connectivity index (χ1v) is 4.92. The number of aryl methyl sites for hydroxylation is 1. The van der Waals surface area contributed by atoms with E-state index in [2.05, 4.69) is 19.4 Å². The highest BCUT2D eigenvalue weighted by molar-refractivity contribution is 5.80. The SMILES string of the molecule is Cc1nc2cc3c(cc2[nH]1)OC(F)(F)C(F)(F)O3. The van der Waals surface area contributed by atoms with Gasteiger partial charge in [-0.25, -0.2) is 4.98 Å². The van der Waals surface area contributed by atoms with Crippen molar-refractivity contribution in [3.05, 3.63) is 18.0 Å². The zero-order valence-electron chi connectivity index (χ0n) is 8.93. The maximum atomic E-state index is 12.9. The van der Waals surface area contributed by atoms with E-state index in [-0.39, 0.29) is 0 Å². The highest BCUT2D eigenvalue weighted by Gasteiger charge is 2.66. The van der Waals surface area contributed by atoms with Crippen molar-refractivity contribution in [1.82, 2.24) is 9.97 Å². The molecular weight excluding hydrogens is 256 g/mol. The summed E-state index contributed by atoms with van der Waals surface area (Å²) in [5, 5.41) is 0. The Morgan fingerprint density at radius 3 is 2.22 bits per heavy atom. The molecule has 1 aromatic carbocycles. The summed E-state index contributed by atoms with van der Waals surface area (Å²) in [6, 6.07) is 2.27. The molecule has 1 aromatic heterocycles. The number of halogens is 4. The van der Waals surface area contributed by atoms with Crippen LogP contribution in [0.15, 0.2) is 12.1 Å². The van der Waals surface area contributed by atoms with E-state index in [4.69, 9.17) is 0 Å². The van der Waals surface area contributed by atoms with Gasteiger partial charge >= 0.3 is 12.2 Å². The van der Waals surface area contributed by atoms with Crippen molar-refractivity contribution in [2.24, 2.45) is 0 Å². The number of H-pyrrole nitrogens is 1. The topological polar surface area (TPSA) is 47.1 Å². The van der Waals surface area contributed by atoms with Crippen LogP contribution in [-0.4, -0.2) is 22.2 Å². The van der Waals surface area contributed by atoms with Crippen LogP contribution in [0, 0.1) is 6.92 Å². The van der Waals surface area contributed by atoms with E-state index in [9.17, 15) is 17.6 Å². The molecule has 1 N–H and O–H groups in total. The summed E-state index contributed by atoms with van der Waals surface area (Å²) in [6.45, 7) is 1.64. The Morgan fingerprint density at radius 1 is 1.06 bits per heavy atom. The average Bonchev–Trinajstić information content (AvgIpc) is 2.55. The summed E-state index contributed by atoms with van der Waals surface area (Å²) in [5.74, 6) is -0.405. The Bertz CT molecular complexity index is 585. The van der Waals surface area contributed by atoms with Gasteiger partial charge < -0.3 is 14.5 Å². The van der Waals surface area contributed by atoms with Crippen LogP contribution in [0.25, 0.3) is 11.0 Å². The van der Waals surface area contributed by atoms with Gasteiger partial charge in [0.2, 0.25) is 0 Å².